The lowest BCUT2D eigenvalue weighted by Crippen LogP contribution is -2.48. The Bertz CT molecular complexity index is 623. The maximum atomic E-state index is 12.5. The molecule has 0 bridgehead atoms. The minimum absolute atomic E-state index is 0.120. The van der Waals surface area contributed by atoms with E-state index >= 15 is 0 Å². The Balaban J connectivity index is 2.13. The zero-order valence-corrected chi connectivity index (χ0v) is 13.3. The lowest BCUT2D eigenvalue weighted by Gasteiger charge is -2.24. The number of hydrogen-bond acceptors (Lipinski definition) is 2. The highest BCUT2D eigenvalue weighted by atomic mass is 35.5. The van der Waals surface area contributed by atoms with Crippen molar-refractivity contribution < 1.29 is 22.8 Å². The molecule has 1 aromatic rings. The number of carbonyl (C=O) groups is 2. The van der Waals surface area contributed by atoms with Gasteiger partial charge in [-0.2, -0.15) is 13.2 Å². The Hall–Kier alpha value is -1.47. The predicted molar refractivity (Wildman–Crippen MR) is 79.6 cm³/mol. The Morgan fingerprint density at radius 2 is 2.00 bits per heavy atom. The summed E-state index contributed by atoms with van der Waals surface area (Å²) in [6.07, 6.45) is -3.68. The second-order valence-corrected chi connectivity index (χ2v) is 5.96. The predicted octanol–water partition coefficient (Wildman–Crippen LogP) is 3.28. The number of benzene rings is 1. The minimum atomic E-state index is -4.50. The van der Waals surface area contributed by atoms with Gasteiger partial charge in [0.2, 0.25) is 5.91 Å². The summed E-state index contributed by atoms with van der Waals surface area (Å²) in [6, 6.07) is 3.39. The van der Waals surface area contributed by atoms with Gasteiger partial charge in [0.05, 0.1) is 10.6 Å². The number of hydrogen-bond donors (Lipinski definition) is 1. The Kier molecular flexibility index (Phi) is 5.41. The van der Waals surface area contributed by atoms with Gasteiger partial charge in [0.25, 0.3) is 5.91 Å². The maximum absolute atomic E-state index is 12.5. The zero-order chi connectivity index (χ0) is 17.2. The Labute approximate surface area is 140 Å². The molecular formula is C14H13Cl2F3N2O2. The van der Waals surface area contributed by atoms with Gasteiger partial charge in [-0.15, -0.1) is 0 Å². The molecule has 126 valence electrons. The Morgan fingerprint density at radius 1 is 1.30 bits per heavy atom. The van der Waals surface area contributed by atoms with Crippen LogP contribution in [0, 0.1) is 0 Å². The van der Waals surface area contributed by atoms with Crippen LogP contribution in [0.25, 0.3) is 0 Å². The third-order valence-corrected chi connectivity index (χ3v) is 4.00. The van der Waals surface area contributed by atoms with E-state index in [1.54, 1.807) is 0 Å². The fraction of sp³-hybridized carbons (Fsp3) is 0.429. The van der Waals surface area contributed by atoms with Crippen LogP contribution in [0.5, 0.6) is 0 Å². The van der Waals surface area contributed by atoms with Crippen LogP contribution >= 0.6 is 23.2 Å². The van der Waals surface area contributed by atoms with E-state index in [0.29, 0.717) is 17.9 Å². The summed E-state index contributed by atoms with van der Waals surface area (Å²) in [7, 11) is 0. The number of alkyl halides is 3. The highest BCUT2D eigenvalue weighted by Gasteiger charge is 2.37. The molecule has 1 fully saturated rings. The Morgan fingerprint density at radius 3 is 2.65 bits per heavy atom. The number of nitrogens with zero attached hydrogens (tertiary/aromatic N) is 1. The molecule has 1 heterocycles. The second-order valence-electron chi connectivity index (χ2n) is 5.11. The van der Waals surface area contributed by atoms with Crippen molar-refractivity contribution in [2.24, 2.45) is 0 Å². The standard InChI is InChI=1S/C14H13Cl2F3N2O2/c15-8-3-4-10(16)9(6-8)13(23)21-5-1-2-11(21)12(22)20-7-14(17,18)19/h3-4,6,11H,1-2,5,7H2,(H,20,22)/t11-/m1/s1. The third kappa shape index (κ3) is 4.51. The van der Waals surface area contributed by atoms with E-state index in [4.69, 9.17) is 23.2 Å². The zero-order valence-electron chi connectivity index (χ0n) is 11.8. The first-order chi connectivity index (χ1) is 10.7. The van der Waals surface area contributed by atoms with Gasteiger partial charge >= 0.3 is 6.18 Å². The van der Waals surface area contributed by atoms with E-state index < -0.39 is 30.6 Å². The molecule has 23 heavy (non-hydrogen) atoms. The fourth-order valence-corrected chi connectivity index (χ4v) is 2.77. The van der Waals surface area contributed by atoms with Crippen LogP contribution in [0.15, 0.2) is 18.2 Å². The first-order valence-electron chi connectivity index (χ1n) is 6.79. The third-order valence-electron chi connectivity index (χ3n) is 3.44. The second kappa shape index (κ2) is 6.97. The van der Waals surface area contributed by atoms with E-state index in [1.165, 1.54) is 23.1 Å². The molecule has 1 aliphatic heterocycles. The monoisotopic (exact) mass is 368 g/mol. The van der Waals surface area contributed by atoms with Gasteiger partial charge in [0, 0.05) is 11.6 Å². The molecular weight excluding hydrogens is 356 g/mol. The number of rotatable bonds is 3. The lowest BCUT2D eigenvalue weighted by atomic mass is 10.1. The SMILES string of the molecule is O=C(NCC(F)(F)F)[C@H]1CCCN1C(=O)c1cc(Cl)ccc1Cl. The minimum Gasteiger partial charge on any atom is -0.345 e. The quantitative estimate of drug-likeness (QED) is 0.889. The van der Waals surface area contributed by atoms with Gasteiger partial charge < -0.3 is 10.2 Å². The van der Waals surface area contributed by atoms with E-state index in [0.717, 1.165) is 0 Å². The highest BCUT2D eigenvalue weighted by molar-refractivity contribution is 6.35. The van der Waals surface area contributed by atoms with Crippen molar-refractivity contribution in [1.29, 1.82) is 0 Å². The average Bonchev–Trinajstić information content (AvgIpc) is 2.95. The van der Waals surface area contributed by atoms with E-state index in [1.807, 2.05) is 5.32 Å². The van der Waals surface area contributed by atoms with Crippen LogP contribution in [0.1, 0.15) is 23.2 Å². The van der Waals surface area contributed by atoms with E-state index in [-0.39, 0.29) is 17.1 Å². The largest absolute Gasteiger partial charge is 0.405 e. The molecule has 0 aliphatic carbocycles. The molecule has 1 aliphatic rings. The van der Waals surface area contributed by atoms with Crippen molar-refractivity contribution >= 4 is 35.0 Å². The highest BCUT2D eigenvalue weighted by Crippen LogP contribution is 2.26. The molecule has 1 atom stereocenters. The summed E-state index contributed by atoms with van der Waals surface area (Å²) in [5.74, 6) is -1.35. The number of nitrogens with one attached hydrogen (secondary N) is 1. The van der Waals surface area contributed by atoms with Gasteiger partial charge in [-0.1, -0.05) is 23.2 Å². The molecule has 0 radical (unpaired) electrons. The van der Waals surface area contributed by atoms with Crippen molar-refractivity contribution in [3.05, 3.63) is 33.8 Å². The number of likely N-dealkylation sites (tertiary alicyclic amines) is 1. The fourth-order valence-electron chi connectivity index (χ4n) is 2.40. The summed E-state index contributed by atoms with van der Waals surface area (Å²) in [6.45, 7) is -1.16. The topological polar surface area (TPSA) is 49.4 Å². The summed E-state index contributed by atoms with van der Waals surface area (Å²) in [5.41, 5.74) is 0.120. The smallest absolute Gasteiger partial charge is 0.345 e. The molecule has 1 aromatic carbocycles. The molecule has 1 saturated heterocycles. The van der Waals surface area contributed by atoms with Crippen LogP contribution in [0.2, 0.25) is 10.0 Å². The van der Waals surface area contributed by atoms with Crippen molar-refractivity contribution in [2.45, 2.75) is 25.1 Å². The van der Waals surface area contributed by atoms with Gasteiger partial charge in [-0.25, -0.2) is 0 Å². The van der Waals surface area contributed by atoms with Gasteiger partial charge in [-0.05, 0) is 31.0 Å². The summed E-state index contributed by atoms with van der Waals surface area (Å²) >= 11 is 11.8. The molecule has 1 N–H and O–H groups in total. The van der Waals surface area contributed by atoms with Gasteiger partial charge in [0.15, 0.2) is 0 Å². The van der Waals surface area contributed by atoms with Crippen molar-refractivity contribution in [3.8, 4) is 0 Å². The summed E-state index contributed by atoms with van der Waals surface area (Å²) in [4.78, 5) is 25.7. The average molecular weight is 369 g/mol. The molecule has 4 nitrogen and oxygen atoms in total. The van der Waals surface area contributed by atoms with E-state index in [9.17, 15) is 22.8 Å². The molecule has 9 heteroatoms. The first kappa shape index (κ1) is 17.9. The van der Waals surface area contributed by atoms with Crippen LogP contribution in [-0.4, -0.2) is 42.0 Å². The first-order valence-corrected chi connectivity index (χ1v) is 7.55. The van der Waals surface area contributed by atoms with Crippen molar-refractivity contribution in [2.75, 3.05) is 13.1 Å². The molecule has 0 unspecified atom stereocenters. The molecule has 2 rings (SSSR count). The lowest BCUT2D eigenvalue weighted by molar-refractivity contribution is -0.140. The van der Waals surface area contributed by atoms with Crippen molar-refractivity contribution in [3.63, 3.8) is 0 Å². The number of carbonyl (C=O) groups excluding carboxylic acids is 2. The van der Waals surface area contributed by atoms with Crippen LogP contribution in [-0.2, 0) is 4.79 Å². The molecule has 0 saturated carbocycles. The van der Waals surface area contributed by atoms with Crippen LogP contribution in [0.4, 0.5) is 13.2 Å². The molecule has 0 spiro atoms. The molecule has 2 amide bonds. The van der Waals surface area contributed by atoms with Crippen LogP contribution < -0.4 is 5.32 Å². The number of amides is 2. The van der Waals surface area contributed by atoms with Crippen molar-refractivity contribution in [1.82, 2.24) is 10.2 Å². The maximum Gasteiger partial charge on any atom is 0.405 e. The number of halogens is 5. The summed E-state index contributed by atoms with van der Waals surface area (Å²) < 4.78 is 36.6. The van der Waals surface area contributed by atoms with Gasteiger partial charge in [-0.3, -0.25) is 9.59 Å². The van der Waals surface area contributed by atoms with Gasteiger partial charge in [0.1, 0.15) is 12.6 Å². The van der Waals surface area contributed by atoms with E-state index in [2.05, 4.69) is 0 Å². The normalized spacial score (nSPS) is 18.1. The molecule has 0 aromatic heterocycles. The summed E-state index contributed by atoms with van der Waals surface area (Å²) in [5, 5.41) is 2.28. The van der Waals surface area contributed by atoms with Crippen LogP contribution in [0.3, 0.4) is 0 Å².